The van der Waals surface area contributed by atoms with Gasteiger partial charge in [0.15, 0.2) is 11.5 Å². The van der Waals surface area contributed by atoms with E-state index in [-0.39, 0.29) is 18.9 Å². The van der Waals surface area contributed by atoms with Gasteiger partial charge >= 0.3 is 6.03 Å². The normalized spacial score (nSPS) is 17.2. The van der Waals surface area contributed by atoms with Gasteiger partial charge in [0.25, 0.3) is 0 Å². The summed E-state index contributed by atoms with van der Waals surface area (Å²) >= 11 is 0. The van der Waals surface area contributed by atoms with E-state index in [4.69, 9.17) is 14.2 Å². The predicted molar refractivity (Wildman–Crippen MR) is 106 cm³/mol. The van der Waals surface area contributed by atoms with Crippen LogP contribution < -0.4 is 20.1 Å². The smallest absolute Gasteiger partial charge is 0.319 e. The van der Waals surface area contributed by atoms with Crippen molar-refractivity contribution >= 4 is 11.7 Å². The van der Waals surface area contributed by atoms with Gasteiger partial charge in [0.1, 0.15) is 0 Å². The molecule has 0 bridgehead atoms. The second-order valence-corrected chi connectivity index (χ2v) is 6.98. The molecule has 2 aromatic carbocycles. The van der Waals surface area contributed by atoms with Gasteiger partial charge in [-0.1, -0.05) is 24.3 Å². The number of benzene rings is 2. The van der Waals surface area contributed by atoms with Crippen molar-refractivity contribution in [2.45, 2.75) is 19.5 Å². The van der Waals surface area contributed by atoms with E-state index in [0.29, 0.717) is 5.75 Å². The van der Waals surface area contributed by atoms with Gasteiger partial charge in [0.05, 0.1) is 19.3 Å². The predicted octanol–water partition coefficient (Wildman–Crippen LogP) is 3.13. The number of amides is 2. The number of anilines is 1. The Labute approximate surface area is 164 Å². The molecule has 1 fully saturated rings. The molecule has 148 valence electrons. The summed E-state index contributed by atoms with van der Waals surface area (Å²) in [5.74, 6) is 1.44. The fourth-order valence-corrected chi connectivity index (χ4v) is 3.40. The first-order valence-electron chi connectivity index (χ1n) is 9.54. The zero-order chi connectivity index (χ0) is 19.3. The molecule has 1 atom stereocenters. The molecular weight excluding hydrogens is 358 g/mol. The number of ether oxygens (including phenoxy) is 3. The van der Waals surface area contributed by atoms with Gasteiger partial charge < -0.3 is 24.8 Å². The quantitative estimate of drug-likeness (QED) is 0.830. The fourth-order valence-electron chi connectivity index (χ4n) is 3.40. The molecule has 0 spiro atoms. The summed E-state index contributed by atoms with van der Waals surface area (Å²) in [6, 6.07) is 13.2. The summed E-state index contributed by atoms with van der Waals surface area (Å²) in [6.45, 7) is 6.28. The van der Waals surface area contributed by atoms with Crippen molar-refractivity contribution in [3.8, 4) is 11.5 Å². The highest BCUT2D eigenvalue weighted by Crippen LogP contribution is 2.34. The van der Waals surface area contributed by atoms with Gasteiger partial charge in [-0.05, 0) is 36.2 Å². The van der Waals surface area contributed by atoms with E-state index in [9.17, 15) is 4.79 Å². The second kappa shape index (κ2) is 8.50. The third-order valence-corrected chi connectivity index (χ3v) is 5.01. The third kappa shape index (κ3) is 4.37. The summed E-state index contributed by atoms with van der Waals surface area (Å²) in [6.07, 6.45) is 0. The van der Waals surface area contributed by atoms with Crippen molar-refractivity contribution in [3.63, 3.8) is 0 Å². The number of fused-ring (bicyclic) bond motifs is 1. The van der Waals surface area contributed by atoms with Crippen molar-refractivity contribution in [3.05, 3.63) is 53.6 Å². The lowest BCUT2D eigenvalue weighted by molar-refractivity contribution is 0.0343. The molecule has 4 rings (SSSR count). The second-order valence-electron chi connectivity index (χ2n) is 6.98. The summed E-state index contributed by atoms with van der Waals surface area (Å²) in [5, 5.41) is 5.98. The van der Waals surface area contributed by atoms with E-state index in [1.54, 1.807) is 0 Å². The summed E-state index contributed by atoms with van der Waals surface area (Å²) in [4.78, 5) is 14.9. The highest BCUT2D eigenvalue weighted by molar-refractivity contribution is 5.90. The Balaban J connectivity index is 1.38. The van der Waals surface area contributed by atoms with E-state index >= 15 is 0 Å². The molecule has 7 heteroatoms. The zero-order valence-corrected chi connectivity index (χ0v) is 15.9. The molecule has 2 aliphatic heterocycles. The van der Waals surface area contributed by atoms with Gasteiger partial charge in [-0.3, -0.25) is 4.90 Å². The number of carbonyl (C=O) groups is 1. The van der Waals surface area contributed by atoms with Gasteiger partial charge in [-0.15, -0.1) is 0 Å². The van der Waals surface area contributed by atoms with Crippen LogP contribution in [0.15, 0.2) is 42.5 Å². The van der Waals surface area contributed by atoms with Crippen LogP contribution in [0.2, 0.25) is 0 Å². The van der Waals surface area contributed by atoms with Crippen LogP contribution in [0.25, 0.3) is 0 Å². The number of hydrogen-bond donors (Lipinski definition) is 2. The molecule has 1 saturated heterocycles. The Morgan fingerprint density at radius 1 is 1.11 bits per heavy atom. The Kier molecular flexibility index (Phi) is 5.64. The molecule has 2 aromatic rings. The lowest BCUT2D eigenvalue weighted by atomic mass is 10.1. The maximum atomic E-state index is 12.6. The van der Waals surface area contributed by atoms with Crippen LogP contribution in [-0.2, 0) is 11.3 Å². The minimum absolute atomic E-state index is 0.166. The zero-order valence-electron chi connectivity index (χ0n) is 15.9. The lowest BCUT2D eigenvalue weighted by Gasteiger charge is -2.27. The number of morpholine rings is 1. The van der Waals surface area contributed by atoms with Crippen molar-refractivity contribution in [2.75, 3.05) is 38.4 Å². The Morgan fingerprint density at radius 2 is 1.89 bits per heavy atom. The van der Waals surface area contributed by atoms with Gasteiger partial charge in [-0.2, -0.15) is 0 Å². The van der Waals surface area contributed by atoms with Crippen LogP contribution in [0.1, 0.15) is 24.1 Å². The summed E-state index contributed by atoms with van der Waals surface area (Å²) < 4.78 is 16.2. The molecule has 2 heterocycles. The van der Waals surface area contributed by atoms with Crippen molar-refractivity contribution in [1.29, 1.82) is 0 Å². The number of para-hydroxylation sites is 1. The lowest BCUT2D eigenvalue weighted by Crippen LogP contribution is -2.36. The number of rotatable bonds is 5. The number of nitrogens with one attached hydrogen (secondary N) is 2. The molecule has 0 radical (unpaired) electrons. The Bertz CT molecular complexity index is 836. The standard InChI is InChI=1S/C21H25N3O4/c1-15(16-6-7-19-20(12-16)28-14-27-19)22-21(25)23-18-5-3-2-4-17(18)13-24-8-10-26-11-9-24/h2-7,12,15H,8-11,13-14H2,1H3,(H2,22,23,25). The fraction of sp³-hybridized carbons (Fsp3) is 0.381. The topological polar surface area (TPSA) is 72.1 Å². The molecule has 0 aromatic heterocycles. The van der Waals surface area contributed by atoms with E-state index in [2.05, 4.69) is 15.5 Å². The first-order chi connectivity index (χ1) is 13.7. The maximum Gasteiger partial charge on any atom is 0.319 e. The monoisotopic (exact) mass is 383 g/mol. The van der Waals surface area contributed by atoms with Crippen LogP contribution in [0.4, 0.5) is 10.5 Å². The molecule has 0 saturated carbocycles. The number of urea groups is 1. The molecule has 0 aliphatic carbocycles. The van der Waals surface area contributed by atoms with E-state index in [1.165, 1.54) is 0 Å². The third-order valence-electron chi connectivity index (χ3n) is 5.01. The number of carbonyl (C=O) groups excluding carboxylic acids is 1. The van der Waals surface area contributed by atoms with E-state index in [1.807, 2.05) is 49.4 Å². The minimum Gasteiger partial charge on any atom is -0.454 e. The van der Waals surface area contributed by atoms with Crippen LogP contribution in [0, 0.1) is 0 Å². The van der Waals surface area contributed by atoms with Crippen LogP contribution in [0.5, 0.6) is 11.5 Å². The first kappa shape index (κ1) is 18.6. The maximum absolute atomic E-state index is 12.6. The minimum atomic E-state index is -0.236. The van der Waals surface area contributed by atoms with E-state index in [0.717, 1.165) is 55.4 Å². The SMILES string of the molecule is CC(NC(=O)Nc1ccccc1CN1CCOCC1)c1ccc2c(c1)OCO2. The average Bonchev–Trinajstić information content (AvgIpc) is 3.18. The number of nitrogens with zero attached hydrogens (tertiary/aromatic N) is 1. The van der Waals surface area contributed by atoms with E-state index < -0.39 is 0 Å². The molecular formula is C21H25N3O4. The van der Waals surface area contributed by atoms with Gasteiger partial charge in [-0.25, -0.2) is 4.79 Å². The van der Waals surface area contributed by atoms with Crippen LogP contribution in [0.3, 0.4) is 0 Å². The summed E-state index contributed by atoms with van der Waals surface area (Å²) in [5.41, 5.74) is 2.88. The molecule has 2 N–H and O–H groups in total. The highest BCUT2D eigenvalue weighted by Gasteiger charge is 2.18. The van der Waals surface area contributed by atoms with Crippen LogP contribution in [-0.4, -0.2) is 44.0 Å². The van der Waals surface area contributed by atoms with Crippen LogP contribution >= 0.6 is 0 Å². The highest BCUT2D eigenvalue weighted by atomic mass is 16.7. The first-order valence-corrected chi connectivity index (χ1v) is 9.54. The van der Waals surface area contributed by atoms with Crippen molar-refractivity contribution in [1.82, 2.24) is 10.2 Å². The molecule has 2 aliphatic rings. The Hall–Kier alpha value is -2.77. The molecule has 1 unspecified atom stereocenters. The van der Waals surface area contributed by atoms with Gasteiger partial charge in [0.2, 0.25) is 6.79 Å². The molecule has 2 amide bonds. The largest absolute Gasteiger partial charge is 0.454 e. The summed E-state index contributed by atoms with van der Waals surface area (Å²) in [7, 11) is 0. The molecule has 28 heavy (non-hydrogen) atoms. The Morgan fingerprint density at radius 3 is 2.75 bits per heavy atom. The number of hydrogen-bond acceptors (Lipinski definition) is 5. The van der Waals surface area contributed by atoms with Gasteiger partial charge in [0, 0.05) is 25.3 Å². The average molecular weight is 383 g/mol. The van der Waals surface area contributed by atoms with Crippen molar-refractivity contribution < 1.29 is 19.0 Å². The van der Waals surface area contributed by atoms with Crippen molar-refractivity contribution in [2.24, 2.45) is 0 Å². The molecule has 7 nitrogen and oxygen atoms in total.